The second-order valence-electron chi connectivity index (χ2n) is 7.76. The lowest BCUT2D eigenvalue weighted by Gasteiger charge is -2.04. The quantitative estimate of drug-likeness (QED) is 0.278. The zero-order valence-electron chi connectivity index (χ0n) is 18.6. The lowest BCUT2D eigenvalue weighted by molar-refractivity contribution is -0.387. The van der Waals surface area contributed by atoms with Gasteiger partial charge in [-0.25, -0.2) is 4.98 Å². The lowest BCUT2D eigenvalue weighted by Crippen LogP contribution is -2.35. The topological polar surface area (TPSA) is 136 Å². The predicted octanol–water partition coefficient (Wildman–Crippen LogP) is 1.67. The third-order valence-electron chi connectivity index (χ3n) is 5.14. The molecule has 12 heteroatoms. The number of allylic oxidation sites excluding steroid dienone is 1. The first-order valence-electron chi connectivity index (χ1n) is 10.5. The van der Waals surface area contributed by atoms with Gasteiger partial charge in [-0.15, -0.1) is 17.9 Å². The highest BCUT2D eigenvalue weighted by molar-refractivity contribution is 7.99. The highest BCUT2D eigenvalue weighted by Gasteiger charge is 2.26. The first kappa shape index (κ1) is 24.2. The summed E-state index contributed by atoms with van der Waals surface area (Å²) in [6.07, 6.45) is 8.10. The van der Waals surface area contributed by atoms with Crippen LogP contribution in [-0.2, 0) is 18.4 Å². The van der Waals surface area contributed by atoms with Gasteiger partial charge in [0.25, 0.3) is 17.2 Å². The largest absolute Gasteiger partial charge is 0.349 e. The number of nitrogens with zero attached hydrogens (tertiary/aromatic N) is 5. The molecule has 2 heterocycles. The second kappa shape index (κ2) is 10.1. The maximum atomic E-state index is 13.1. The molecule has 0 saturated heterocycles. The molecule has 35 heavy (non-hydrogen) atoms. The van der Waals surface area contributed by atoms with E-state index < -0.39 is 16.4 Å². The Morgan fingerprint density at radius 1 is 1.49 bits per heavy atom. The predicted molar refractivity (Wildman–Crippen MR) is 132 cm³/mol. The molecule has 1 N–H and O–H groups in total. The van der Waals surface area contributed by atoms with Crippen LogP contribution in [0.2, 0.25) is 0 Å². The Bertz CT molecular complexity index is 1560. The Kier molecular flexibility index (Phi) is 6.99. The van der Waals surface area contributed by atoms with Crippen molar-refractivity contribution in [3.8, 4) is 6.07 Å². The lowest BCUT2D eigenvalue weighted by atomic mass is 10.2. The van der Waals surface area contributed by atoms with Crippen LogP contribution in [0.1, 0.15) is 18.4 Å². The van der Waals surface area contributed by atoms with Gasteiger partial charge in [0, 0.05) is 38.1 Å². The number of carbonyl (C=O) groups is 1. The molecule has 0 radical (unpaired) electrons. The van der Waals surface area contributed by atoms with E-state index in [1.807, 2.05) is 6.07 Å². The number of hydrogen-bond acceptors (Lipinski definition) is 8. The summed E-state index contributed by atoms with van der Waals surface area (Å²) >= 11 is 2.16. The third kappa shape index (κ3) is 5.26. The van der Waals surface area contributed by atoms with Crippen LogP contribution in [0, 0.1) is 21.4 Å². The monoisotopic (exact) mass is 508 g/mol. The van der Waals surface area contributed by atoms with E-state index >= 15 is 0 Å². The van der Waals surface area contributed by atoms with Gasteiger partial charge in [-0.05, 0) is 42.3 Å². The Hall–Kier alpha value is -3.95. The van der Waals surface area contributed by atoms with Crippen molar-refractivity contribution in [1.29, 1.82) is 5.26 Å². The summed E-state index contributed by atoms with van der Waals surface area (Å²) in [4.78, 5) is 41.5. The molecule has 10 nitrogen and oxygen atoms in total. The van der Waals surface area contributed by atoms with Crippen LogP contribution in [0.5, 0.6) is 0 Å². The molecule has 1 saturated carbocycles. The van der Waals surface area contributed by atoms with Crippen LogP contribution in [0.3, 0.4) is 0 Å². The van der Waals surface area contributed by atoms with Gasteiger partial charge in [-0.1, -0.05) is 12.1 Å². The summed E-state index contributed by atoms with van der Waals surface area (Å²) in [5.74, 6) is -0.521. The Morgan fingerprint density at radius 3 is 2.86 bits per heavy atom. The Morgan fingerprint density at radius 2 is 2.26 bits per heavy atom. The highest BCUT2D eigenvalue weighted by atomic mass is 32.2. The summed E-state index contributed by atoms with van der Waals surface area (Å²) in [5, 5.41) is 24.8. The number of amides is 1. The molecule has 0 spiro atoms. The average molecular weight is 509 g/mol. The van der Waals surface area contributed by atoms with Crippen molar-refractivity contribution in [2.75, 3.05) is 0 Å². The number of nitro groups is 1. The number of hydrogen-bond donors (Lipinski definition) is 1. The first-order valence-corrected chi connectivity index (χ1v) is 12.2. The minimum atomic E-state index is -0.521. The number of nitriles is 1. The van der Waals surface area contributed by atoms with Crippen molar-refractivity contribution in [3.05, 3.63) is 78.5 Å². The molecule has 4 rings (SSSR count). The van der Waals surface area contributed by atoms with Gasteiger partial charge in [-0.2, -0.15) is 5.26 Å². The van der Waals surface area contributed by atoms with E-state index in [2.05, 4.69) is 16.9 Å². The van der Waals surface area contributed by atoms with Crippen molar-refractivity contribution in [1.82, 2.24) is 19.4 Å². The number of imidazole rings is 1. The fourth-order valence-electron chi connectivity index (χ4n) is 3.23. The average Bonchev–Trinajstić information content (AvgIpc) is 3.48. The van der Waals surface area contributed by atoms with Gasteiger partial charge in [0.2, 0.25) is 0 Å². The normalized spacial score (nSPS) is 14.3. The number of nitrogens with one attached hydrogen (secondary N) is 1. The number of aromatic nitrogens is 3. The molecule has 1 aliphatic rings. The summed E-state index contributed by atoms with van der Waals surface area (Å²) in [6, 6.07) is 6.64. The minimum absolute atomic E-state index is 0.0547. The summed E-state index contributed by atoms with van der Waals surface area (Å²) in [5.41, 5.74) is -0.236. The van der Waals surface area contributed by atoms with Crippen molar-refractivity contribution in [2.45, 2.75) is 35.5 Å². The van der Waals surface area contributed by atoms with E-state index in [1.54, 1.807) is 36.1 Å². The minimum Gasteiger partial charge on any atom is -0.349 e. The van der Waals surface area contributed by atoms with Gasteiger partial charge < -0.3 is 9.88 Å². The molecule has 1 aromatic carbocycles. The number of carbonyl (C=O) groups excluding carboxylic acids is 1. The van der Waals surface area contributed by atoms with Crippen LogP contribution in [-0.4, -0.2) is 31.0 Å². The molecular formula is C23H20N6O4S2. The summed E-state index contributed by atoms with van der Waals surface area (Å²) < 4.78 is 3.53. The van der Waals surface area contributed by atoms with Gasteiger partial charge in [0.15, 0.2) is 10.7 Å². The Labute approximate surface area is 207 Å². The number of aryl methyl sites for hydroxylation is 1. The zero-order valence-corrected chi connectivity index (χ0v) is 20.3. The van der Waals surface area contributed by atoms with Crippen molar-refractivity contribution in [3.63, 3.8) is 0 Å². The molecular weight excluding hydrogens is 488 g/mol. The third-order valence-corrected chi connectivity index (χ3v) is 7.41. The Balaban J connectivity index is 1.81. The maximum Gasteiger partial charge on any atom is 0.283 e. The summed E-state index contributed by atoms with van der Waals surface area (Å²) in [7, 11) is 1.80. The molecule has 2 aromatic heterocycles. The zero-order chi connectivity index (χ0) is 25.1. The van der Waals surface area contributed by atoms with E-state index in [-0.39, 0.29) is 33.0 Å². The van der Waals surface area contributed by atoms with Crippen LogP contribution in [0.15, 0.2) is 58.1 Å². The standard InChI is InChI=1S/C23H20N6O4S2/c1-3-9-28-21(31)19(34-22(28)16(13-24)20(30)26-15-5-6-15)12-14-4-7-18(17(11-14)29(32)33)35-23-25-8-10-27(23)2/h3-4,7-8,10-12,15H,1,5-6,9H2,2H3,(H,26,30)/b19-12-,22-16-. The van der Waals surface area contributed by atoms with E-state index in [9.17, 15) is 25.0 Å². The van der Waals surface area contributed by atoms with Gasteiger partial charge in [0.1, 0.15) is 10.7 Å². The molecule has 178 valence electrons. The fraction of sp³-hybridized carbons (Fsp3) is 0.217. The molecule has 0 aliphatic heterocycles. The number of benzene rings is 1. The molecule has 0 atom stereocenters. The number of thiazole rings is 1. The number of nitro benzene ring substituents is 1. The SMILES string of the molecule is C=CCn1c(=O)/c(=C/c2ccc(Sc3nccn3C)c([N+](=O)[O-])c2)s/c1=C(/C#N)C(=O)NC1CC1. The van der Waals surface area contributed by atoms with E-state index in [4.69, 9.17) is 0 Å². The van der Waals surface area contributed by atoms with Crippen LogP contribution in [0.25, 0.3) is 11.6 Å². The van der Waals surface area contributed by atoms with Crippen LogP contribution in [0.4, 0.5) is 5.69 Å². The van der Waals surface area contributed by atoms with Crippen molar-refractivity contribution >= 4 is 46.3 Å². The molecule has 1 fully saturated rings. The molecule has 0 unspecified atom stereocenters. The molecule has 1 aliphatic carbocycles. The molecule has 3 aromatic rings. The molecule has 1 amide bonds. The molecule has 0 bridgehead atoms. The smallest absolute Gasteiger partial charge is 0.283 e. The summed E-state index contributed by atoms with van der Waals surface area (Å²) in [6.45, 7) is 3.77. The van der Waals surface area contributed by atoms with E-state index in [1.165, 1.54) is 34.5 Å². The highest BCUT2D eigenvalue weighted by Crippen LogP contribution is 2.34. The van der Waals surface area contributed by atoms with Crippen molar-refractivity contribution < 1.29 is 9.72 Å². The fourth-order valence-corrected chi connectivity index (χ4v) is 5.23. The second-order valence-corrected chi connectivity index (χ2v) is 9.80. The van der Waals surface area contributed by atoms with Crippen molar-refractivity contribution in [2.24, 2.45) is 7.05 Å². The maximum absolute atomic E-state index is 13.1. The van der Waals surface area contributed by atoms with E-state index in [0.717, 1.165) is 24.2 Å². The first-order chi connectivity index (χ1) is 16.8. The number of rotatable bonds is 8. The van der Waals surface area contributed by atoms with Gasteiger partial charge >= 0.3 is 0 Å². The van der Waals surface area contributed by atoms with Gasteiger partial charge in [0.05, 0.1) is 14.4 Å². The van der Waals surface area contributed by atoms with E-state index in [0.29, 0.717) is 15.6 Å². The van der Waals surface area contributed by atoms with Gasteiger partial charge in [-0.3, -0.25) is 24.3 Å². The van der Waals surface area contributed by atoms with Crippen LogP contribution < -0.4 is 20.1 Å². The van der Waals surface area contributed by atoms with Crippen LogP contribution >= 0.6 is 23.1 Å².